The van der Waals surface area contributed by atoms with Crippen LogP contribution in [0.5, 0.6) is 28.7 Å². The van der Waals surface area contributed by atoms with E-state index in [9.17, 15) is 10.2 Å². The van der Waals surface area contributed by atoms with Gasteiger partial charge in [0, 0.05) is 17.7 Å². The minimum Gasteiger partial charge on any atom is -0.507 e. The summed E-state index contributed by atoms with van der Waals surface area (Å²) in [7, 11) is 4.13. The van der Waals surface area contributed by atoms with E-state index in [-0.39, 0.29) is 11.5 Å². The number of aromatic hydroxyl groups is 2. The monoisotopic (exact) mass is 509 g/mol. The zero-order chi connectivity index (χ0) is 26.5. The van der Waals surface area contributed by atoms with E-state index in [2.05, 4.69) is 43.3 Å². The highest BCUT2D eigenvalue weighted by Gasteiger charge is 2.17. The Kier molecular flexibility index (Phi) is 7.85. The standard InChI is InChI=1S/C33H35NO4/c1-34(2)19-4-20-37-31-6-3-5-26-14-9-23-10-15-27(16-11-23)38-32-22-25(13-18-29(32)35)8-7-24-12-17-28(33(26)31)30(36)21-24/h3,5-6,10-13,15-18,21-22,35-36H,4,7-9,14,19-20H2,1-2H3. The third-order valence-electron chi connectivity index (χ3n) is 7.01. The predicted octanol–water partition coefficient (Wildman–Crippen LogP) is 6.77. The number of rotatable bonds is 5. The van der Waals surface area contributed by atoms with Crippen LogP contribution in [-0.4, -0.2) is 42.4 Å². The second kappa shape index (κ2) is 11.6. The number of nitrogens with zero attached hydrogens (tertiary/aromatic N) is 1. The van der Waals surface area contributed by atoms with Gasteiger partial charge in [0.25, 0.3) is 0 Å². The van der Waals surface area contributed by atoms with Crippen molar-refractivity contribution in [2.45, 2.75) is 32.1 Å². The van der Waals surface area contributed by atoms with Crippen molar-refractivity contribution in [1.82, 2.24) is 4.90 Å². The zero-order valence-corrected chi connectivity index (χ0v) is 22.1. The first-order valence-electron chi connectivity index (χ1n) is 13.3. The Morgan fingerprint density at radius 3 is 2.24 bits per heavy atom. The summed E-state index contributed by atoms with van der Waals surface area (Å²) in [5, 5.41) is 21.5. The van der Waals surface area contributed by atoms with Gasteiger partial charge in [-0.15, -0.1) is 0 Å². The van der Waals surface area contributed by atoms with Crippen LogP contribution in [0.2, 0.25) is 0 Å². The van der Waals surface area contributed by atoms with E-state index in [0.717, 1.165) is 72.2 Å². The quantitative estimate of drug-likeness (QED) is 0.291. The van der Waals surface area contributed by atoms with Gasteiger partial charge in [-0.3, -0.25) is 0 Å². The fourth-order valence-electron chi connectivity index (χ4n) is 4.93. The number of aryl methyl sites for hydroxylation is 4. The molecule has 0 saturated heterocycles. The normalized spacial score (nSPS) is 13.0. The highest BCUT2D eigenvalue weighted by molar-refractivity contribution is 5.79. The molecule has 5 heteroatoms. The van der Waals surface area contributed by atoms with E-state index < -0.39 is 0 Å². The highest BCUT2D eigenvalue weighted by atomic mass is 16.5. The lowest BCUT2D eigenvalue weighted by molar-refractivity contribution is 0.282. The van der Waals surface area contributed by atoms with Crippen LogP contribution in [0, 0.1) is 0 Å². The molecule has 38 heavy (non-hydrogen) atoms. The number of ether oxygens (including phenoxy) is 2. The Morgan fingerprint density at radius 1 is 0.763 bits per heavy atom. The number of phenolic OH excluding ortho intramolecular Hbond substituents is 2. The Bertz CT molecular complexity index is 1400. The smallest absolute Gasteiger partial charge is 0.169 e. The molecule has 0 atom stereocenters. The lowest BCUT2D eigenvalue weighted by Crippen LogP contribution is -2.15. The third-order valence-corrected chi connectivity index (χ3v) is 7.01. The van der Waals surface area contributed by atoms with Crippen molar-refractivity contribution in [3.63, 3.8) is 0 Å². The average Bonchev–Trinajstić information content (AvgIpc) is 2.91. The van der Waals surface area contributed by atoms with Gasteiger partial charge in [-0.05, 0) is 105 Å². The summed E-state index contributed by atoms with van der Waals surface area (Å²) in [6, 6.07) is 25.6. The van der Waals surface area contributed by atoms with E-state index in [4.69, 9.17) is 9.47 Å². The molecule has 0 radical (unpaired) electrons. The molecule has 196 valence electrons. The maximum Gasteiger partial charge on any atom is 0.169 e. The van der Waals surface area contributed by atoms with Crippen LogP contribution in [0.1, 0.15) is 28.7 Å². The molecule has 6 bridgehead atoms. The molecule has 0 unspecified atom stereocenters. The third kappa shape index (κ3) is 6.12. The van der Waals surface area contributed by atoms with Crippen molar-refractivity contribution in [3.05, 3.63) is 101 Å². The first-order chi connectivity index (χ1) is 18.5. The molecule has 0 amide bonds. The van der Waals surface area contributed by atoms with E-state index in [0.29, 0.717) is 18.1 Å². The van der Waals surface area contributed by atoms with Crippen molar-refractivity contribution in [1.29, 1.82) is 0 Å². The van der Waals surface area contributed by atoms with Crippen LogP contribution in [0.4, 0.5) is 0 Å². The fraction of sp³-hybridized carbons (Fsp3) is 0.273. The SMILES string of the molecule is CN(C)CCCOc1cccc2c1-c1ccc(cc1O)CCc1ccc(O)c(c1)Oc1ccc(cc1)CC2. The Morgan fingerprint density at radius 2 is 1.47 bits per heavy atom. The maximum atomic E-state index is 11.2. The molecule has 8 rings (SSSR count). The summed E-state index contributed by atoms with van der Waals surface area (Å²) in [4.78, 5) is 2.15. The molecular weight excluding hydrogens is 474 g/mol. The molecule has 0 fully saturated rings. The molecule has 4 aliphatic heterocycles. The second-order valence-electron chi connectivity index (χ2n) is 10.2. The molecule has 4 aromatic carbocycles. The van der Waals surface area contributed by atoms with Crippen LogP contribution in [0.15, 0.2) is 78.9 Å². The fourth-order valence-corrected chi connectivity index (χ4v) is 4.93. The molecule has 4 heterocycles. The molecule has 0 saturated carbocycles. The largest absolute Gasteiger partial charge is 0.507 e. The minimum absolute atomic E-state index is 0.116. The van der Waals surface area contributed by atoms with Crippen molar-refractivity contribution < 1.29 is 19.7 Å². The van der Waals surface area contributed by atoms with Crippen molar-refractivity contribution in [2.75, 3.05) is 27.2 Å². The summed E-state index contributed by atoms with van der Waals surface area (Å²) < 4.78 is 12.3. The molecule has 0 aromatic heterocycles. The molecule has 2 N–H and O–H groups in total. The molecule has 4 aliphatic rings. The molecule has 0 spiro atoms. The predicted molar refractivity (Wildman–Crippen MR) is 152 cm³/mol. The Hall–Kier alpha value is -3.96. The number of hydrogen-bond acceptors (Lipinski definition) is 5. The van der Waals surface area contributed by atoms with Gasteiger partial charge in [-0.2, -0.15) is 0 Å². The lowest BCUT2D eigenvalue weighted by Gasteiger charge is -2.18. The van der Waals surface area contributed by atoms with Gasteiger partial charge in [0.1, 0.15) is 17.2 Å². The van der Waals surface area contributed by atoms with E-state index >= 15 is 0 Å². The van der Waals surface area contributed by atoms with E-state index in [1.54, 1.807) is 6.07 Å². The van der Waals surface area contributed by atoms with Gasteiger partial charge in [0.2, 0.25) is 0 Å². The van der Waals surface area contributed by atoms with Gasteiger partial charge in [-0.1, -0.05) is 42.5 Å². The summed E-state index contributed by atoms with van der Waals surface area (Å²) in [5.41, 5.74) is 6.18. The molecule has 0 aliphatic carbocycles. The van der Waals surface area contributed by atoms with E-state index in [1.165, 1.54) is 5.56 Å². The van der Waals surface area contributed by atoms with E-state index in [1.807, 2.05) is 48.5 Å². The van der Waals surface area contributed by atoms with Gasteiger partial charge < -0.3 is 24.6 Å². The first kappa shape index (κ1) is 25.7. The highest BCUT2D eigenvalue weighted by Crippen LogP contribution is 2.40. The lowest BCUT2D eigenvalue weighted by atomic mass is 9.92. The van der Waals surface area contributed by atoms with Crippen LogP contribution < -0.4 is 9.47 Å². The van der Waals surface area contributed by atoms with Crippen LogP contribution >= 0.6 is 0 Å². The summed E-state index contributed by atoms with van der Waals surface area (Å²) in [6.45, 7) is 1.57. The number of benzene rings is 4. The summed E-state index contributed by atoms with van der Waals surface area (Å²) in [6.07, 6.45) is 4.06. The number of hydrogen-bond donors (Lipinski definition) is 2. The average molecular weight is 510 g/mol. The van der Waals surface area contributed by atoms with Crippen molar-refractivity contribution >= 4 is 0 Å². The summed E-state index contributed by atoms with van der Waals surface area (Å²) in [5.74, 6) is 2.32. The van der Waals surface area contributed by atoms with Crippen molar-refractivity contribution in [3.8, 4) is 39.9 Å². The molecule has 5 nitrogen and oxygen atoms in total. The van der Waals surface area contributed by atoms with Gasteiger partial charge in [-0.25, -0.2) is 0 Å². The van der Waals surface area contributed by atoms with Gasteiger partial charge in [0.15, 0.2) is 11.5 Å². The maximum absolute atomic E-state index is 11.2. The second-order valence-corrected chi connectivity index (χ2v) is 10.2. The van der Waals surface area contributed by atoms with Crippen LogP contribution in [0.3, 0.4) is 0 Å². The topological polar surface area (TPSA) is 62.2 Å². The molecular formula is C33H35NO4. The van der Waals surface area contributed by atoms with Crippen LogP contribution in [0.25, 0.3) is 11.1 Å². The Balaban J connectivity index is 1.53. The van der Waals surface area contributed by atoms with Gasteiger partial charge in [0.05, 0.1) is 6.61 Å². The first-order valence-corrected chi connectivity index (χ1v) is 13.3. The number of phenols is 2. The van der Waals surface area contributed by atoms with Crippen molar-refractivity contribution in [2.24, 2.45) is 0 Å². The van der Waals surface area contributed by atoms with Gasteiger partial charge >= 0.3 is 0 Å². The minimum atomic E-state index is 0.116. The van der Waals surface area contributed by atoms with Crippen LogP contribution in [-0.2, 0) is 25.7 Å². The summed E-state index contributed by atoms with van der Waals surface area (Å²) >= 11 is 0. The molecule has 4 aromatic rings. The zero-order valence-electron chi connectivity index (χ0n) is 22.1. The Labute approximate surface area is 224 Å².